The van der Waals surface area contributed by atoms with Gasteiger partial charge in [-0.15, -0.1) is 0 Å². The van der Waals surface area contributed by atoms with E-state index in [1.807, 2.05) is 4.90 Å². The summed E-state index contributed by atoms with van der Waals surface area (Å²) in [4.78, 5) is 38.6. The smallest absolute Gasteiger partial charge is 0.387 e. The number of nitrogens with zero attached hydrogens (tertiary/aromatic N) is 3. The molecule has 0 N–H and O–H groups in total. The lowest BCUT2D eigenvalue weighted by atomic mass is 10.2. The average molecular weight is 465 g/mol. The number of para-hydroxylation sites is 1. The van der Waals surface area contributed by atoms with Crippen molar-refractivity contribution in [3.63, 3.8) is 0 Å². The highest BCUT2D eigenvalue weighted by Crippen LogP contribution is 2.33. The normalized spacial score (nSPS) is 13.6. The van der Waals surface area contributed by atoms with Crippen LogP contribution in [0.25, 0.3) is 0 Å². The highest BCUT2D eigenvalue weighted by Gasteiger charge is 2.25. The number of ether oxygens (including phenoxy) is 3. The van der Waals surface area contributed by atoms with Gasteiger partial charge in [-0.3, -0.25) is 14.9 Å². The maximum atomic E-state index is 12.7. The number of hydrogen-bond donors (Lipinski definition) is 0. The molecule has 3 rings (SSSR count). The van der Waals surface area contributed by atoms with E-state index in [-0.39, 0.29) is 17.0 Å². The predicted molar refractivity (Wildman–Crippen MR) is 112 cm³/mol. The molecule has 0 aliphatic carbocycles. The van der Waals surface area contributed by atoms with Gasteiger partial charge in [-0.25, -0.2) is 4.79 Å². The lowest BCUT2D eigenvalue weighted by molar-refractivity contribution is -0.384. The van der Waals surface area contributed by atoms with Gasteiger partial charge in [-0.2, -0.15) is 8.78 Å². The monoisotopic (exact) mass is 465 g/mol. The van der Waals surface area contributed by atoms with E-state index in [0.29, 0.717) is 26.2 Å². The van der Waals surface area contributed by atoms with E-state index < -0.39 is 35.8 Å². The molecule has 12 heteroatoms. The second-order valence-electron chi connectivity index (χ2n) is 6.93. The third-order valence-corrected chi connectivity index (χ3v) is 5.01. The van der Waals surface area contributed by atoms with Crippen LogP contribution in [-0.4, -0.2) is 68.2 Å². The van der Waals surface area contributed by atoms with Crippen LogP contribution in [0.1, 0.15) is 10.4 Å². The number of piperazine rings is 1. The molecule has 33 heavy (non-hydrogen) atoms. The summed E-state index contributed by atoms with van der Waals surface area (Å²) in [6, 6.07) is 10.1. The number of rotatable bonds is 8. The number of nitro benzene ring substituents is 1. The first-order valence-electron chi connectivity index (χ1n) is 9.86. The molecule has 0 spiro atoms. The zero-order chi connectivity index (χ0) is 24.0. The number of benzene rings is 2. The molecule has 0 unspecified atom stereocenters. The second-order valence-corrected chi connectivity index (χ2v) is 6.93. The van der Waals surface area contributed by atoms with Gasteiger partial charge in [0, 0.05) is 44.0 Å². The van der Waals surface area contributed by atoms with Crippen molar-refractivity contribution in [3.05, 3.63) is 58.1 Å². The first kappa shape index (κ1) is 23.7. The van der Waals surface area contributed by atoms with Gasteiger partial charge in [-0.1, -0.05) is 6.07 Å². The Hall–Kier alpha value is -3.96. The zero-order valence-corrected chi connectivity index (χ0v) is 17.6. The SMILES string of the molecule is COc1cccc(C(=O)OCC(=O)N2CCN(c3ccc([N+](=O)[O-])cc3)CC2)c1OC(F)F. The summed E-state index contributed by atoms with van der Waals surface area (Å²) in [7, 11) is 1.24. The number of esters is 1. The van der Waals surface area contributed by atoms with E-state index in [2.05, 4.69) is 4.74 Å². The van der Waals surface area contributed by atoms with Crippen LogP contribution in [0.15, 0.2) is 42.5 Å². The van der Waals surface area contributed by atoms with Crippen LogP contribution in [0, 0.1) is 10.1 Å². The number of hydrogen-bond acceptors (Lipinski definition) is 8. The number of carbonyl (C=O) groups is 2. The molecule has 1 aliphatic heterocycles. The number of amides is 1. The highest BCUT2D eigenvalue weighted by atomic mass is 19.3. The Balaban J connectivity index is 1.55. The molecule has 2 aromatic rings. The Morgan fingerprint density at radius 2 is 1.76 bits per heavy atom. The van der Waals surface area contributed by atoms with Crippen LogP contribution in [0.5, 0.6) is 11.5 Å². The van der Waals surface area contributed by atoms with Crippen molar-refractivity contribution in [2.75, 3.05) is 44.8 Å². The summed E-state index contributed by atoms with van der Waals surface area (Å²) in [6.07, 6.45) is 0. The number of halogens is 2. The number of alkyl halides is 2. The minimum absolute atomic E-state index is 0.00692. The molecular weight excluding hydrogens is 444 g/mol. The fourth-order valence-electron chi connectivity index (χ4n) is 3.34. The Labute approximate surface area is 187 Å². The minimum atomic E-state index is -3.18. The maximum absolute atomic E-state index is 12.7. The average Bonchev–Trinajstić information content (AvgIpc) is 2.82. The topological polar surface area (TPSA) is 111 Å². The molecule has 1 saturated heterocycles. The Kier molecular flexibility index (Phi) is 7.59. The molecule has 0 aromatic heterocycles. The number of anilines is 1. The van der Waals surface area contributed by atoms with Gasteiger partial charge >= 0.3 is 12.6 Å². The number of nitro groups is 1. The Morgan fingerprint density at radius 1 is 1.09 bits per heavy atom. The van der Waals surface area contributed by atoms with Crippen LogP contribution in [0.3, 0.4) is 0 Å². The molecular formula is C21H21F2N3O7. The summed E-state index contributed by atoms with van der Waals surface area (Å²) < 4.78 is 39.8. The first-order valence-corrected chi connectivity index (χ1v) is 9.86. The van der Waals surface area contributed by atoms with E-state index in [0.717, 1.165) is 5.69 Å². The van der Waals surface area contributed by atoms with E-state index in [9.17, 15) is 28.5 Å². The molecule has 2 aromatic carbocycles. The lowest BCUT2D eigenvalue weighted by Crippen LogP contribution is -2.49. The van der Waals surface area contributed by atoms with Crippen molar-refractivity contribution in [3.8, 4) is 11.5 Å². The van der Waals surface area contributed by atoms with Gasteiger partial charge in [0.1, 0.15) is 5.56 Å². The van der Waals surface area contributed by atoms with E-state index in [1.54, 1.807) is 12.1 Å². The van der Waals surface area contributed by atoms with Gasteiger partial charge < -0.3 is 24.0 Å². The van der Waals surface area contributed by atoms with Gasteiger partial charge in [-0.05, 0) is 24.3 Å². The lowest BCUT2D eigenvalue weighted by Gasteiger charge is -2.36. The largest absolute Gasteiger partial charge is 0.493 e. The third kappa shape index (κ3) is 5.84. The molecule has 0 atom stereocenters. The fourth-order valence-corrected chi connectivity index (χ4v) is 3.34. The molecule has 176 valence electrons. The molecule has 1 amide bonds. The number of carbonyl (C=O) groups excluding carboxylic acids is 2. The van der Waals surface area contributed by atoms with Crippen molar-refractivity contribution >= 4 is 23.3 Å². The third-order valence-electron chi connectivity index (χ3n) is 5.01. The zero-order valence-electron chi connectivity index (χ0n) is 17.6. The molecule has 1 aliphatic rings. The van der Waals surface area contributed by atoms with E-state index >= 15 is 0 Å². The molecule has 0 radical (unpaired) electrons. The Morgan fingerprint density at radius 3 is 2.33 bits per heavy atom. The van der Waals surface area contributed by atoms with Gasteiger partial charge in [0.25, 0.3) is 11.6 Å². The van der Waals surface area contributed by atoms with Crippen molar-refractivity contribution in [1.29, 1.82) is 0 Å². The van der Waals surface area contributed by atoms with Crippen LogP contribution >= 0.6 is 0 Å². The summed E-state index contributed by atoms with van der Waals surface area (Å²) >= 11 is 0. The standard InChI is InChI=1S/C21H21F2N3O7/c1-31-17-4-2-3-16(19(17)33-21(22)23)20(28)32-13-18(27)25-11-9-24(10-12-25)14-5-7-15(8-6-14)26(29)30/h2-8,21H,9-13H2,1H3. The number of methoxy groups -OCH3 is 1. The molecule has 0 bridgehead atoms. The maximum Gasteiger partial charge on any atom is 0.387 e. The van der Waals surface area contributed by atoms with Crippen molar-refractivity contribution in [1.82, 2.24) is 4.90 Å². The van der Waals surface area contributed by atoms with Crippen molar-refractivity contribution < 1.29 is 37.5 Å². The van der Waals surface area contributed by atoms with E-state index in [1.165, 1.54) is 42.3 Å². The van der Waals surface area contributed by atoms with Crippen molar-refractivity contribution in [2.45, 2.75) is 6.61 Å². The van der Waals surface area contributed by atoms with Crippen LogP contribution in [0.2, 0.25) is 0 Å². The van der Waals surface area contributed by atoms with Crippen LogP contribution < -0.4 is 14.4 Å². The highest BCUT2D eigenvalue weighted by molar-refractivity contribution is 5.95. The first-order chi connectivity index (χ1) is 15.8. The quantitative estimate of drug-likeness (QED) is 0.332. The molecule has 1 heterocycles. The fraction of sp³-hybridized carbons (Fsp3) is 0.333. The van der Waals surface area contributed by atoms with Crippen LogP contribution in [-0.2, 0) is 9.53 Å². The second kappa shape index (κ2) is 10.6. The van der Waals surface area contributed by atoms with Gasteiger partial charge in [0.15, 0.2) is 18.1 Å². The predicted octanol–water partition coefficient (Wildman–Crippen LogP) is 2.71. The molecule has 1 fully saturated rings. The van der Waals surface area contributed by atoms with Crippen molar-refractivity contribution in [2.24, 2.45) is 0 Å². The molecule has 10 nitrogen and oxygen atoms in total. The van der Waals surface area contributed by atoms with Gasteiger partial charge in [0.05, 0.1) is 12.0 Å². The van der Waals surface area contributed by atoms with E-state index in [4.69, 9.17) is 9.47 Å². The molecule has 0 saturated carbocycles. The van der Waals surface area contributed by atoms with Crippen LogP contribution in [0.4, 0.5) is 20.2 Å². The summed E-state index contributed by atoms with van der Waals surface area (Å²) in [5, 5.41) is 10.8. The number of non-ortho nitro benzene ring substituents is 1. The minimum Gasteiger partial charge on any atom is -0.493 e. The van der Waals surface area contributed by atoms with Gasteiger partial charge in [0.2, 0.25) is 0 Å². The summed E-state index contributed by atoms with van der Waals surface area (Å²) in [6.45, 7) is -2.07. The Bertz CT molecular complexity index is 1010. The summed E-state index contributed by atoms with van der Waals surface area (Å²) in [5.41, 5.74) is 0.502. The summed E-state index contributed by atoms with van der Waals surface area (Å²) in [5.74, 6) is -1.98.